The number of carbonyl (C=O) groups excluding carboxylic acids is 1. The number of nitrogens with one attached hydrogen (secondary N) is 1. The number of amides is 1. The van der Waals surface area contributed by atoms with Gasteiger partial charge < -0.3 is 9.47 Å². The number of methoxy groups -OCH3 is 1. The van der Waals surface area contributed by atoms with Gasteiger partial charge >= 0.3 is 0 Å². The highest BCUT2D eigenvalue weighted by Gasteiger charge is 2.12. The molecule has 0 saturated heterocycles. The van der Waals surface area contributed by atoms with Gasteiger partial charge in [0.15, 0.2) is 0 Å². The molecule has 0 aliphatic rings. The monoisotopic (exact) mass is 458 g/mol. The number of ether oxygens (including phenoxy) is 2. The van der Waals surface area contributed by atoms with E-state index < -0.39 is 0 Å². The summed E-state index contributed by atoms with van der Waals surface area (Å²) in [6.45, 7) is 2.18. The summed E-state index contributed by atoms with van der Waals surface area (Å²) in [4.78, 5) is 12.8. The van der Waals surface area contributed by atoms with E-state index in [9.17, 15) is 4.79 Å². The van der Waals surface area contributed by atoms with Crippen LogP contribution in [-0.4, -0.2) is 18.7 Å². The number of hydrazone groups is 1. The number of hydrogen-bond acceptors (Lipinski definition) is 4. The van der Waals surface area contributed by atoms with E-state index in [1.54, 1.807) is 37.4 Å². The van der Waals surface area contributed by atoms with Crippen LogP contribution in [0.4, 0.5) is 0 Å². The Morgan fingerprint density at radius 1 is 0.939 bits per heavy atom. The molecule has 166 valence electrons. The second-order valence-electron chi connectivity index (χ2n) is 7.48. The third kappa shape index (κ3) is 5.51. The van der Waals surface area contributed by atoms with Crippen molar-refractivity contribution in [3.8, 4) is 11.5 Å². The van der Waals surface area contributed by atoms with Crippen LogP contribution in [0.25, 0.3) is 10.8 Å². The molecule has 0 aliphatic carbocycles. The number of para-hydroxylation sites is 1. The molecule has 1 amide bonds. The van der Waals surface area contributed by atoms with Gasteiger partial charge in [-0.15, -0.1) is 0 Å². The molecule has 0 saturated carbocycles. The average molecular weight is 459 g/mol. The number of hydrogen-bond donors (Lipinski definition) is 1. The molecule has 0 heterocycles. The number of halogens is 1. The van der Waals surface area contributed by atoms with Crippen molar-refractivity contribution < 1.29 is 14.3 Å². The van der Waals surface area contributed by atoms with Crippen LogP contribution in [0.5, 0.6) is 11.5 Å². The van der Waals surface area contributed by atoms with E-state index in [2.05, 4.69) is 10.5 Å². The van der Waals surface area contributed by atoms with E-state index in [0.29, 0.717) is 28.7 Å². The summed E-state index contributed by atoms with van der Waals surface area (Å²) in [6, 6.07) is 26.4. The highest BCUT2D eigenvalue weighted by atomic mass is 35.5. The van der Waals surface area contributed by atoms with Crippen LogP contribution in [0.3, 0.4) is 0 Å². The summed E-state index contributed by atoms with van der Waals surface area (Å²) in [5.74, 6) is 0.953. The minimum Gasteiger partial charge on any atom is -0.497 e. The van der Waals surface area contributed by atoms with Gasteiger partial charge in [0.25, 0.3) is 5.91 Å². The first-order chi connectivity index (χ1) is 16.0. The SMILES string of the molecule is COc1ccc2cc(/C(C)=N/NC(=O)c3ccccc3OCc3ccc(Cl)cc3)ccc2c1. The summed E-state index contributed by atoms with van der Waals surface area (Å²) >= 11 is 5.93. The third-order valence-corrected chi connectivity index (χ3v) is 5.48. The van der Waals surface area contributed by atoms with Crippen molar-refractivity contribution in [1.82, 2.24) is 5.43 Å². The van der Waals surface area contributed by atoms with Gasteiger partial charge in [0, 0.05) is 5.02 Å². The van der Waals surface area contributed by atoms with Crippen molar-refractivity contribution in [3.05, 3.63) is 107 Å². The molecule has 33 heavy (non-hydrogen) atoms. The first kappa shape index (κ1) is 22.4. The Labute approximate surface area is 197 Å². The third-order valence-electron chi connectivity index (χ3n) is 5.23. The second-order valence-corrected chi connectivity index (χ2v) is 7.91. The summed E-state index contributed by atoms with van der Waals surface area (Å²) in [5.41, 5.74) is 5.62. The lowest BCUT2D eigenvalue weighted by Crippen LogP contribution is -2.20. The molecule has 0 spiro atoms. The average Bonchev–Trinajstić information content (AvgIpc) is 2.86. The zero-order chi connectivity index (χ0) is 23.2. The summed E-state index contributed by atoms with van der Waals surface area (Å²) in [5, 5.41) is 7.10. The van der Waals surface area contributed by atoms with Crippen LogP contribution >= 0.6 is 11.6 Å². The van der Waals surface area contributed by atoms with Crippen molar-refractivity contribution in [2.24, 2.45) is 5.10 Å². The zero-order valence-corrected chi connectivity index (χ0v) is 19.1. The summed E-state index contributed by atoms with van der Waals surface area (Å²) < 4.78 is 11.2. The van der Waals surface area contributed by atoms with E-state index >= 15 is 0 Å². The highest BCUT2D eigenvalue weighted by molar-refractivity contribution is 6.30. The summed E-state index contributed by atoms with van der Waals surface area (Å²) in [7, 11) is 1.65. The van der Waals surface area contributed by atoms with Crippen molar-refractivity contribution in [2.45, 2.75) is 13.5 Å². The Morgan fingerprint density at radius 3 is 2.45 bits per heavy atom. The zero-order valence-electron chi connectivity index (χ0n) is 18.3. The molecule has 0 bridgehead atoms. The molecular formula is C27H23ClN2O3. The molecule has 0 radical (unpaired) electrons. The molecule has 5 nitrogen and oxygen atoms in total. The largest absolute Gasteiger partial charge is 0.497 e. The number of fused-ring (bicyclic) bond motifs is 1. The normalized spacial score (nSPS) is 11.3. The van der Waals surface area contributed by atoms with Crippen LogP contribution in [0, 0.1) is 0 Å². The van der Waals surface area contributed by atoms with Gasteiger partial charge in [0.05, 0.1) is 18.4 Å². The lowest BCUT2D eigenvalue weighted by molar-refractivity contribution is 0.0950. The van der Waals surface area contributed by atoms with Crippen LogP contribution in [0.1, 0.15) is 28.4 Å². The molecule has 4 aromatic rings. The molecule has 4 aromatic carbocycles. The van der Waals surface area contributed by atoms with Gasteiger partial charge in [0.1, 0.15) is 18.1 Å². The van der Waals surface area contributed by atoms with Crippen molar-refractivity contribution in [3.63, 3.8) is 0 Å². The topological polar surface area (TPSA) is 59.9 Å². The van der Waals surface area contributed by atoms with Gasteiger partial charge in [0.2, 0.25) is 0 Å². The molecule has 6 heteroatoms. The van der Waals surface area contributed by atoms with Crippen LogP contribution in [0.2, 0.25) is 5.02 Å². The number of carbonyl (C=O) groups is 1. The standard InChI is InChI=1S/C27H23ClN2O3/c1-18(20-9-10-22-16-24(32-2)14-11-21(22)15-20)29-30-27(31)25-5-3-4-6-26(25)33-17-19-7-12-23(28)13-8-19/h3-16H,17H2,1-2H3,(H,30,31)/b29-18+. The van der Waals surface area contributed by atoms with Gasteiger partial charge in [-0.2, -0.15) is 5.10 Å². The van der Waals surface area contributed by atoms with Gasteiger partial charge in [-0.05, 0) is 71.3 Å². The predicted molar refractivity (Wildman–Crippen MR) is 132 cm³/mol. The number of rotatable bonds is 7. The van der Waals surface area contributed by atoms with E-state index in [0.717, 1.165) is 27.6 Å². The van der Waals surface area contributed by atoms with E-state index in [1.807, 2.05) is 61.5 Å². The summed E-state index contributed by atoms with van der Waals surface area (Å²) in [6.07, 6.45) is 0. The van der Waals surface area contributed by atoms with Gasteiger partial charge in [-0.25, -0.2) is 5.43 Å². The predicted octanol–water partition coefficient (Wildman–Crippen LogP) is 6.23. The fraction of sp³-hybridized carbons (Fsp3) is 0.111. The highest BCUT2D eigenvalue weighted by Crippen LogP contribution is 2.23. The molecule has 4 rings (SSSR count). The molecule has 0 atom stereocenters. The molecule has 1 N–H and O–H groups in total. The van der Waals surface area contributed by atoms with Crippen LogP contribution in [0.15, 0.2) is 90.0 Å². The maximum Gasteiger partial charge on any atom is 0.275 e. The van der Waals surface area contributed by atoms with Gasteiger partial charge in [-0.3, -0.25) is 4.79 Å². The Morgan fingerprint density at radius 2 is 1.67 bits per heavy atom. The Balaban J connectivity index is 1.46. The lowest BCUT2D eigenvalue weighted by Gasteiger charge is -2.11. The van der Waals surface area contributed by atoms with Gasteiger partial charge in [-0.1, -0.05) is 54.1 Å². The Kier molecular flexibility index (Phi) is 6.91. The first-order valence-corrected chi connectivity index (χ1v) is 10.8. The van der Waals surface area contributed by atoms with E-state index in [1.165, 1.54) is 0 Å². The van der Waals surface area contributed by atoms with Crippen molar-refractivity contribution >= 4 is 34.0 Å². The number of benzene rings is 4. The Hall–Kier alpha value is -3.83. The number of nitrogens with zero attached hydrogens (tertiary/aromatic N) is 1. The van der Waals surface area contributed by atoms with Crippen LogP contribution in [-0.2, 0) is 6.61 Å². The quantitative estimate of drug-likeness (QED) is 0.263. The lowest BCUT2D eigenvalue weighted by atomic mass is 10.0. The molecule has 0 fully saturated rings. The fourth-order valence-corrected chi connectivity index (χ4v) is 3.48. The van der Waals surface area contributed by atoms with Crippen LogP contribution < -0.4 is 14.9 Å². The fourth-order valence-electron chi connectivity index (χ4n) is 3.36. The second kappa shape index (κ2) is 10.2. The maximum atomic E-state index is 12.8. The smallest absolute Gasteiger partial charge is 0.275 e. The minimum absolute atomic E-state index is 0.325. The molecule has 0 aromatic heterocycles. The molecule has 0 unspecified atom stereocenters. The molecular weight excluding hydrogens is 436 g/mol. The first-order valence-electron chi connectivity index (χ1n) is 10.4. The minimum atomic E-state index is -0.341. The molecule has 0 aliphatic heterocycles. The Bertz CT molecular complexity index is 1320. The van der Waals surface area contributed by atoms with Crippen molar-refractivity contribution in [2.75, 3.05) is 7.11 Å². The van der Waals surface area contributed by atoms with Crippen molar-refractivity contribution in [1.29, 1.82) is 0 Å². The van der Waals surface area contributed by atoms with E-state index in [4.69, 9.17) is 21.1 Å². The maximum absolute atomic E-state index is 12.8. The van der Waals surface area contributed by atoms with E-state index in [-0.39, 0.29) is 5.91 Å².